The second kappa shape index (κ2) is 20.6. The first kappa shape index (κ1) is 46.8. The Labute approximate surface area is 370 Å². The Morgan fingerprint density at radius 1 is 0.667 bits per heavy atom. The fourth-order valence-corrected chi connectivity index (χ4v) is 9.51. The van der Waals surface area contributed by atoms with E-state index in [-0.39, 0.29) is 95.3 Å². The summed E-state index contributed by atoms with van der Waals surface area (Å²) in [6.07, 6.45) is 4.86. The van der Waals surface area contributed by atoms with Gasteiger partial charge in [0.1, 0.15) is 0 Å². The summed E-state index contributed by atoms with van der Waals surface area (Å²) in [4.78, 5) is 56.0. The summed E-state index contributed by atoms with van der Waals surface area (Å²) in [6.45, 7) is 8.18. The molecule has 4 unspecified atom stereocenters. The largest absolute Gasteiger partial charge is 0.396 e. The van der Waals surface area contributed by atoms with Crippen LogP contribution in [0.4, 0.5) is 11.4 Å². The number of carbonyl (C=O) groups excluding carboxylic acids is 2. The Kier molecular flexibility index (Phi) is 15.3. The highest BCUT2D eigenvalue weighted by molar-refractivity contribution is 7.99. The predicted octanol–water partition coefficient (Wildman–Crippen LogP) is 7.66. The number of aliphatic hydroxyl groups excluding tert-OH is 4. The molecule has 0 saturated carbocycles. The first-order chi connectivity index (χ1) is 30.1. The van der Waals surface area contributed by atoms with Crippen LogP contribution in [-0.4, -0.2) is 103 Å². The monoisotopic (exact) mass is 878 g/mol. The van der Waals surface area contributed by atoms with Crippen LogP contribution in [-0.2, 0) is 9.59 Å². The quantitative estimate of drug-likeness (QED) is 0.0549. The number of aliphatic hydroxyl groups is 4. The second-order valence-electron chi connectivity index (χ2n) is 16.7. The third-order valence-electron chi connectivity index (χ3n) is 11.9. The Morgan fingerprint density at radius 3 is 1.40 bits per heavy atom. The van der Waals surface area contributed by atoms with Gasteiger partial charge in [-0.25, -0.2) is 0 Å². The first-order valence-corrected chi connectivity index (χ1v) is 22.0. The average molecular weight is 879 g/mol. The van der Waals surface area contributed by atoms with E-state index in [0.29, 0.717) is 35.1 Å². The molecule has 0 aliphatic carbocycles. The molecular weight excluding hydrogens is 825 g/mol. The van der Waals surface area contributed by atoms with Crippen LogP contribution in [0.2, 0.25) is 0 Å². The molecule has 2 aliphatic heterocycles. The molecule has 2 amide bonds. The number of hydrogen-bond donors (Lipinski definition) is 4. The number of carbonyl (C=O) groups is 2. The molecule has 4 N–H and O–H groups in total. The van der Waals surface area contributed by atoms with E-state index in [1.165, 1.54) is 46.2 Å². The number of rotatable bonds is 14. The van der Waals surface area contributed by atoms with Crippen molar-refractivity contribution in [1.29, 1.82) is 0 Å². The highest BCUT2D eigenvalue weighted by Gasteiger charge is 2.33. The molecule has 15 heteroatoms. The summed E-state index contributed by atoms with van der Waals surface area (Å²) in [5.41, 5.74) is 3.39. The molecule has 6 rings (SSSR count). The summed E-state index contributed by atoms with van der Waals surface area (Å²) in [7, 11) is 0. The molecule has 0 aromatic heterocycles. The third kappa shape index (κ3) is 10.4. The van der Waals surface area contributed by atoms with Gasteiger partial charge < -0.3 is 30.2 Å². The second-order valence-corrected chi connectivity index (χ2v) is 17.8. The number of amides is 2. The molecule has 14 nitrogen and oxygen atoms in total. The Bertz CT molecular complexity index is 2250. The lowest BCUT2D eigenvalue weighted by molar-refractivity contribution is -0.387. The van der Waals surface area contributed by atoms with Crippen LogP contribution < -0.4 is 0 Å². The van der Waals surface area contributed by atoms with Gasteiger partial charge in [-0.05, 0) is 82.3 Å². The van der Waals surface area contributed by atoms with Crippen LogP contribution in [0.25, 0.3) is 34.4 Å². The fraction of sp³-hybridized carbons (Fsp3) is 0.375. The van der Waals surface area contributed by atoms with Crippen molar-refractivity contribution in [2.75, 3.05) is 39.4 Å². The lowest BCUT2D eigenvalue weighted by atomic mass is 9.89. The normalized spacial score (nSPS) is 19.4. The topological polar surface area (TPSA) is 208 Å². The maximum atomic E-state index is 13.5. The van der Waals surface area contributed by atoms with E-state index in [9.17, 15) is 50.2 Å². The molecule has 0 bridgehead atoms. The smallest absolute Gasteiger partial charge is 0.291 e. The molecule has 0 radical (unpaired) electrons. The zero-order chi connectivity index (χ0) is 45.5. The predicted molar refractivity (Wildman–Crippen MR) is 243 cm³/mol. The van der Waals surface area contributed by atoms with Gasteiger partial charge in [0.2, 0.25) is 11.8 Å². The van der Waals surface area contributed by atoms with Crippen molar-refractivity contribution in [3.63, 3.8) is 0 Å². The zero-order valence-corrected chi connectivity index (χ0v) is 36.6. The standard InChI is InChI=1S/C48H54N4O10S/c1-29(2)35-9-5-7-11-37(35)45-31(15-19-43(57)49-23-21-39(55)33(25-49)27-53)13-17-41(47(45)51(59)60)63-42-18-14-32(16-20-44(58)50-24-22-40(56)34(26-50)28-54)46(48(42)52(61)62)38-12-8-6-10-36(38)30(3)4/h5-20,29-30,33-34,39-40,53-56H,21-28H2,1-4H3. The van der Waals surface area contributed by atoms with E-state index in [1.54, 1.807) is 36.4 Å². The summed E-state index contributed by atoms with van der Waals surface area (Å²) in [6, 6.07) is 20.9. The Morgan fingerprint density at radius 2 is 1.05 bits per heavy atom. The lowest BCUT2D eigenvalue weighted by Gasteiger charge is -2.34. The molecule has 4 aromatic rings. The molecule has 2 heterocycles. The van der Waals surface area contributed by atoms with Gasteiger partial charge >= 0.3 is 0 Å². The van der Waals surface area contributed by atoms with Crippen LogP contribution in [0.15, 0.2) is 94.7 Å². The van der Waals surface area contributed by atoms with Gasteiger partial charge in [-0.15, -0.1) is 0 Å². The van der Waals surface area contributed by atoms with Crippen molar-refractivity contribution >= 4 is 47.1 Å². The van der Waals surface area contributed by atoms with Crippen molar-refractivity contribution in [2.45, 2.75) is 74.4 Å². The molecule has 2 saturated heterocycles. The van der Waals surface area contributed by atoms with Crippen LogP contribution >= 0.6 is 11.8 Å². The van der Waals surface area contributed by atoms with Gasteiger partial charge in [-0.2, -0.15) is 0 Å². The number of piperidine rings is 2. The molecule has 4 atom stereocenters. The van der Waals surface area contributed by atoms with Crippen LogP contribution in [0, 0.1) is 32.1 Å². The lowest BCUT2D eigenvalue weighted by Crippen LogP contribution is -2.46. The van der Waals surface area contributed by atoms with E-state index in [1.807, 2.05) is 52.0 Å². The zero-order valence-electron chi connectivity index (χ0n) is 35.8. The van der Waals surface area contributed by atoms with Crippen LogP contribution in [0.1, 0.15) is 74.6 Å². The number of benzene rings is 4. The van der Waals surface area contributed by atoms with E-state index in [2.05, 4.69) is 0 Å². The van der Waals surface area contributed by atoms with Crippen molar-refractivity contribution in [1.82, 2.24) is 9.80 Å². The number of hydrogen-bond acceptors (Lipinski definition) is 11. The highest BCUT2D eigenvalue weighted by Crippen LogP contribution is 2.50. The van der Waals surface area contributed by atoms with Crippen molar-refractivity contribution in [3.8, 4) is 22.3 Å². The molecular formula is C48H54N4O10S. The molecule has 63 heavy (non-hydrogen) atoms. The number of nitrogens with zero attached hydrogens (tertiary/aromatic N) is 4. The van der Waals surface area contributed by atoms with Gasteiger partial charge in [-0.1, -0.05) is 100 Å². The van der Waals surface area contributed by atoms with E-state index in [0.717, 1.165) is 22.9 Å². The van der Waals surface area contributed by atoms with Gasteiger partial charge in [0.05, 0.1) is 56.2 Å². The van der Waals surface area contributed by atoms with E-state index in [4.69, 9.17) is 0 Å². The SMILES string of the molecule is CC(C)c1ccccc1-c1c(C=CC(=O)N2CCC(O)C(CO)C2)ccc(Sc2ccc(C=CC(=O)N3CCC(O)C(CO)C3)c(-c3ccccc3C(C)C)c2[N+](=O)[O-])c1[N+](=O)[O-]. The van der Waals surface area contributed by atoms with Crippen molar-refractivity contribution < 1.29 is 39.9 Å². The summed E-state index contributed by atoms with van der Waals surface area (Å²) in [5, 5.41) is 66.8. The third-order valence-corrected chi connectivity index (χ3v) is 13.0. The average Bonchev–Trinajstić information content (AvgIpc) is 3.27. The van der Waals surface area contributed by atoms with Crippen LogP contribution in [0.5, 0.6) is 0 Å². The van der Waals surface area contributed by atoms with Crippen molar-refractivity contribution in [2.24, 2.45) is 11.8 Å². The minimum Gasteiger partial charge on any atom is -0.396 e. The maximum Gasteiger partial charge on any atom is 0.291 e. The molecule has 2 aliphatic rings. The van der Waals surface area contributed by atoms with Gasteiger partial charge in [0.25, 0.3) is 11.4 Å². The van der Waals surface area contributed by atoms with Crippen LogP contribution in [0.3, 0.4) is 0 Å². The Hall–Kier alpha value is -5.71. The van der Waals surface area contributed by atoms with Gasteiger partial charge in [0, 0.05) is 50.2 Å². The van der Waals surface area contributed by atoms with E-state index < -0.39 is 33.9 Å². The van der Waals surface area contributed by atoms with Gasteiger partial charge in [0.15, 0.2) is 0 Å². The molecule has 332 valence electrons. The summed E-state index contributed by atoms with van der Waals surface area (Å²) < 4.78 is 0. The van der Waals surface area contributed by atoms with E-state index >= 15 is 0 Å². The fourth-order valence-electron chi connectivity index (χ4n) is 8.45. The number of nitro benzene ring substituents is 2. The summed E-state index contributed by atoms with van der Waals surface area (Å²) in [5.74, 6) is -1.85. The number of nitro groups is 2. The minimum atomic E-state index is -0.731. The molecule has 4 aromatic carbocycles. The summed E-state index contributed by atoms with van der Waals surface area (Å²) >= 11 is 0.885. The minimum absolute atomic E-state index is 0.0551. The number of likely N-dealkylation sites (tertiary alicyclic amines) is 2. The van der Waals surface area contributed by atoms with Crippen molar-refractivity contribution in [3.05, 3.63) is 127 Å². The Balaban J connectivity index is 1.50. The highest BCUT2D eigenvalue weighted by atomic mass is 32.2. The molecule has 2 fully saturated rings. The molecule has 0 spiro atoms. The first-order valence-electron chi connectivity index (χ1n) is 21.2. The van der Waals surface area contributed by atoms with Gasteiger partial charge in [-0.3, -0.25) is 29.8 Å². The maximum absolute atomic E-state index is 13.5.